The number of methoxy groups -OCH3 is 1. The van der Waals surface area contributed by atoms with Gasteiger partial charge < -0.3 is 9.47 Å². The van der Waals surface area contributed by atoms with Crippen LogP contribution in [0.25, 0.3) is 6.08 Å². The predicted octanol–water partition coefficient (Wildman–Crippen LogP) is 2.35. The summed E-state index contributed by atoms with van der Waals surface area (Å²) in [7, 11) is 1.64. The highest BCUT2D eigenvalue weighted by atomic mass is 16.5. The minimum atomic E-state index is -0.246. The second kappa shape index (κ2) is 6.31. The molecule has 0 saturated carbocycles. The van der Waals surface area contributed by atoms with Crippen LogP contribution >= 0.6 is 0 Å². The van der Waals surface area contributed by atoms with E-state index in [1.807, 2.05) is 24.3 Å². The fraction of sp³-hybridized carbons (Fsp3) is 0.471. The SMILES string of the molecule is COc1ccc(C=CC(=O)OC2CN3CCC2CC3)cc1. The minimum absolute atomic E-state index is 0.0699. The average Bonchev–Trinajstić information content (AvgIpc) is 2.54. The number of fused-ring (bicyclic) bond motifs is 3. The van der Waals surface area contributed by atoms with E-state index in [0.717, 1.165) is 43.8 Å². The van der Waals surface area contributed by atoms with Crippen molar-refractivity contribution < 1.29 is 14.3 Å². The van der Waals surface area contributed by atoms with Crippen molar-refractivity contribution >= 4 is 12.0 Å². The fourth-order valence-corrected chi connectivity index (χ4v) is 3.11. The highest BCUT2D eigenvalue weighted by Crippen LogP contribution is 2.29. The molecular weight excluding hydrogens is 266 g/mol. The summed E-state index contributed by atoms with van der Waals surface area (Å²) < 4.78 is 10.7. The van der Waals surface area contributed by atoms with Crippen LogP contribution in [0.5, 0.6) is 5.75 Å². The molecule has 3 aliphatic rings. The summed E-state index contributed by atoms with van der Waals surface area (Å²) >= 11 is 0. The molecule has 112 valence electrons. The van der Waals surface area contributed by atoms with Crippen molar-refractivity contribution in [1.29, 1.82) is 0 Å². The van der Waals surface area contributed by atoms with Crippen molar-refractivity contribution in [3.8, 4) is 5.75 Å². The summed E-state index contributed by atoms with van der Waals surface area (Å²) in [5.41, 5.74) is 0.960. The molecule has 0 spiro atoms. The molecule has 3 heterocycles. The number of hydrogen-bond donors (Lipinski definition) is 0. The molecule has 21 heavy (non-hydrogen) atoms. The number of carbonyl (C=O) groups excluding carboxylic acids is 1. The van der Waals surface area contributed by atoms with E-state index in [1.54, 1.807) is 13.2 Å². The van der Waals surface area contributed by atoms with Crippen molar-refractivity contribution in [3.63, 3.8) is 0 Å². The second-order valence-electron chi connectivity index (χ2n) is 5.72. The molecule has 3 saturated heterocycles. The van der Waals surface area contributed by atoms with Crippen molar-refractivity contribution in [3.05, 3.63) is 35.9 Å². The number of nitrogens with zero attached hydrogens (tertiary/aromatic N) is 1. The Morgan fingerprint density at radius 3 is 2.52 bits per heavy atom. The van der Waals surface area contributed by atoms with E-state index in [4.69, 9.17) is 9.47 Å². The van der Waals surface area contributed by atoms with Crippen molar-refractivity contribution in [1.82, 2.24) is 4.90 Å². The van der Waals surface area contributed by atoms with Crippen molar-refractivity contribution in [2.75, 3.05) is 26.7 Å². The van der Waals surface area contributed by atoms with Gasteiger partial charge in [0, 0.05) is 12.6 Å². The molecule has 3 fully saturated rings. The van der Waals surface area contributed by atoms with Gasteiger partial charge in [-0.05, 0) is 55.6 Å². The molecule has 1 aromatic carbocycles. The van der Waals surface area contributed by atoms with Crippen LogP contribution in [-0.2, 0) is 9.53 Å². The van der Waals surface area contributed by atoms with Crippen LogP contribution in [0, 0.1) is 5.92 Å². The third-order valence-electron chi connectivity index (χ3n) is 4.39. The van der Waals surface area contributed by atoms with Crippen LogP contribution in [-0.4, -0.2) is 43.7 Å². The van der Waals surface area contributed by atoms with E-state index in [-0.39, 0.29) is 12.1 Å². The Morgan fingerprint density at radius 2 is 1.95 bits per heavy atom. The molecule has 0 amide bonds. The number of rotatable bonds is 4. The summed E-state index contributed by atoms with van der Waals surface area (Å²) in [6.07, 6.45) is 5.67. The zero-order valence-corrected chi connectivity index (χ0v) is 12.3. The first-order valence-electron chi connectivity index (χ1n) is 7.50. The lowest BCUT2D eigenvalue weighted by molar-refractivity contribution is -0.152. The summed E-state index contributed by atoms with van der Waals surface area (Å²) in [5, 5.41) is 0. The number of hydrogen-bond acceptors (Lipinski definition) is 4. The van der Waals surface area contributed by atoms with Crippen LogP contribution in [0.2, 0.25) is 0 Å². The predicted molar refractivity (Wildman–Crippen MR) is 81.1 cm³/mol. The van der Waals surface area contributed by atoms with Crippen LogP contribution in [0.1, 0.15) is 18.4 Å². The van der Waals surface area contributed by atoms with E-state index in [9.17, 15) is 4.79 Å². The molecule has 1 aromatic rings. The van der Waals surface area contributed by atoms with Gasteiger partial charge in [0.2, 0.25) is 0 Å². The molecule has 0 N–H and O–H groups in total. The third-order valence-corrected chi connectivity index (χ3v) is 4.39. The Morgan fingerprint density at radius 1 is 1.24 bits per heavy atom. The Labute approximate surface area is 125 Å². The summed E-state index contributed by atoms with van der Waals surface area (Å²) in [6, 6.07) is 7.57. The first kappa shape index (κ1) is 14.1. The van der Waals surface area contributed by atoms with E-state index in [2.05, 4.69) is 4.90 Å². The Hall–Kier alpha value is -1.81. The highest BCUT2D eigenvalue weighted by Gasteiger charge is 2.36. The third kappa shape index (κ3) is 3.45. The Balaban J connectivity index is 1.54. The lowest BCUT2D eigenvalue weighted by Gasteiger charge is -2.43. The van der Waals surface area contributed by atoms with E-state index < -0.39 is 0 Å². The molecule has 2 bridgehead atoms. The molecule has 0 radical (unpaired) electrons. The van der Waals surface area contributed by atoms with Gasteiger partial charge in [-0.15, -0.1) is 0 Å². The van der Waals surface area contributed by atoms with Gasteiger partial charge in [-0.3, -0.25) is 4.90 Å². The van der Waals surface area contributed by atoms with E-state index in [0.29, 0.717) is 5.92 Å². The van der Waals surface area contributed by atoms with Crippen molar-refractivity contribution in [2.45, 2.75) is 18.9 Å². The van der Waals surface area contributed by atoms with Gasteiger partial charge >= 0.3 is 5.97 Å². The van der Waals surface area contributed by atoms with E-state index >= 15 is 0 Å². The molecule has 4 heteroatoms. The van der Waals surface area contributed by atoms with Crippen molar-refractivity contribution in [2.24, 2.45) is 5.92 Å². The lowest BCUT2D eigenvalue weighted by atomic mass is 9.86. The van der Waals surface area contributed by atoms with Gasteiger partial charge in [0.25, 0.3) is 0 Å². The normalized spacial score (nSPS) is 27.8. The van der Waals surface area contributed by atoms with Gasteiger partial charge in [0.1, 0.15) is 11.9 Å². The largest absolute Gasteiger partial charge is 0.497 e. The number of esters is 1. The standard InChI is InChI=1S/C17H21NO3/c1-20-15-5-2-13(3-6-15)4-7-17(19)21-16-12-18-10-8-14(16)9-11-18/h2-7,14,16H,8-12H2,1H3. The average molecular weight is 287 g/mol. The Kier molecular flexibility index (Phi) is 4.25. The molecular formula is C17H21NO3. The molecule has 4 rings (SSSR count). The fourth-order valence-electron chi connectivity index (χ4n) is 3.11. The summed E-state index contributed by atoms with van der Waals surface area (Å²) in [5.74, 6) is 1.11. The topological polar surface area (TPSA) is 38.8 Å². The summed E-state index contributed by atoms with van der Waals surface area (Å²) in [6.45, 7) is 3.20. The molecule has 0 aromatic heterocycles. The molecule has 1 unspecified atom stereocenters. The highest BCUT2D eigenvalue weighted by molar-refractivity contribution is 5.87. The molecule has 0 aliphatic carbocycles. The number of carbonyl (C=O) groups is 1. The molecule has 3 aliphatic heterocycles. The van der Waals surface area contributed by atoms with Gasteiger partial charge in [-0.25, -0.2) is 4.79 Å². The van der Waals surface area contributed by atoms with Gasteiger partial charge in [-0.2, -0.15) is 0 Å². The monoisotopic (exact) mass is 287 g/mol. The molecule has 1 atom stereocenters. The second-order valence-corrected chi connectivity index (χ2v) is 5.72. The summed E-state index contributed by atoms with van der Waals surface area (Å²) in [4.78, 5) is 14.3. The van der Waals surface area contributed by atoms with Crippen LogP contribution < -0.4 is 4.74 Å². The van der Waals surface area contributed by atoms with E-state index in [1.165, 1.54) is 6.08 Å². The minimum Gasteiger partial charge on any atom is -0.497 e. The lowest BCUT2D eigenvalue weighted by Crippen LogP contribution is -2.51. The van der Waals surface area contributed by atoms with Crippen LogP contribution in [0.3, 0.4) is 0 Å². The first-order chi connectivity index (χ1) is 10.2. The maximum Gasteiger partial charge on any atom is 0.331 e. The van der Waals surface area contributed by atoms with Gasteiger partial charge in [-0.1, -0.05) is 12.1 Å². The zero-order valence-electron chi connectivity index (χ0n) is 12.3. The smallest absolute Gasteiger partial charge is 0.331 e. The van der Waals surface area contributed by atoms with Crippen LogP contribution in [0.15, 0.2) is 30.3 Å². The number of benzene rings is 1. The zero-order chi connectivity index (χ0) is 14.7. The number of ether oxygens (including phenoxy) is 2. The molecule has 4 nitrogen and oxygen atoms in total. The van der Waals surface area contributed by atoms with Crippen LogP contribution in [0.4, 0.5) is 0 Å². The number of piperidine rings is 3. The first-order valence-corrected chi connectivity index (χ1v) is 7.50. The van der Waals surface area contributed by atoms with Gasteiger partial charge in [0.05, 0.1) is 7.11 Å². The Bertz CT molecular complexity index is 515. The van der Waals surface area contributed by atoms with Gasteiger partial charge in [0.15, 0.2) is 0 Å². The maximum absolute atomic E-state index is 11.9. The maximum atomic E-state index is 11.9. The quantitative estimate of drug-likeness (QED) is 0.629.